The van der Waals surface area contributed by atoms with E-state index in [0.29, 0.717) is 61.6 Å². The molecule has 0 aliphatic carbocycles. The van der Waals surface area contributed by atoms with Gasteiger partial charge in [0.1, 0.15) is 10.7 Å². The van der Waals surface area contributed by atoms with Gasteiger partial charge in [-0.1, -0.05) is 6.92 Å². The van der Waals surface area contributed by atoms with E-state index in [0.717, 1.165) is 10.4 Å². The van der Waals surface area contributed by atoms with Gasteiger partial charge in [-0.3, -0.25) is 9.59 Å². The molecular weight excluding hydrogens is 382 g/mol. The molecular formula is C19H25N3O5S. The Morgan fingerprint density at radius 2 is 2.04 bits per heavy atom. The Kier molecular flexibility index (Phi) is 6.33. The van der Waals surface area contributed by atoms with Crippen LogP contribution in [0.2, 0.25) is 0 Å². The zero-order chi connectivity index (χ0) is 20.3. The Bertz CT molecular complexity index is 936. The fraction of sp³-hybridized carbons (Fsp3) is 0.579. The topological polar surface area (TPSA) is 102 Å². The van der Waals surface area contributed by atoms with Crippen molar-refractivity contribution in [1.29, 1.82) is 0 Å². The smallest absolute Gasteiger partial charge is 0.410 e. The van der Waals surface area contributed by atoms with Gasteiger partial charge in [0.25, 0.3) is 5.56 Å². The van der Waals surface area contributed by atoms with Crippen LogP contribution in [0.3, 0.4) is 0 Å². The van der Waals surface area contributed by atoms with E-state index in [2.05, 4.69) is 9.97 Å². The van der Waals surface area contributed by atoms with Crippen LogP contribution in [0.1, 0.15) is 43.5 Å². The molecule has 0 bridgehead atoms. The van der Waals surface area contributed by atoms with Gasteiger partial charge in [-0.15, -0.1) is 11.3 Å². The minimum absolute atomic E-state index is 0.161. The molecule has 1 aliphatic rings. The summed E-state index contributed by atoms with van der Waals surface area (Å²) in [6, 6.07) is 0. The van der Waals surface area contributed by atoms with Crippen molar-refractivity contribution in [2.24, 2.45) is 5.92 Å². The molecule has 1 amide bonds. The summed E-state index contributed by atoms with van der Waals surface area (Å²) in [6.07, 6.45) is 1.32. The van der Waals surface area contributed by atoms with E-state index in [9.17, 15) is 14.4 Å². The maximum Gasteiger partial charge on any atom is 0.410 e. The van der Waals surface area contributed by atoms with Gasteiger partial charge < -0.3 is 19.4 Å². The standard InChI is InChI=1S/C19H25N3O5S/c1-4-26-18(24)11(3)6-7-14-20-16(23)15-12-8-9-22(19(25)27-5-2)10-13(12)28-17(15)21-14/h11H,4-10H2,1-3H3,(H,20,21,23)/t11-/m0/s1. The number of nitrogens with zero attached hydrogens (tertiary/aromatic N) is 2. The molecule has 2 aromatic rings. The molecule has 0 spiro atoms. The molecule has 0 radical (unpaired) electrons. The third kappa shape index (κ3) is 4.19. The first-order valence-corrected chi connectivity index (χ1v) is 10.4. The van der Waals surface area contributed by atoms with Gasteiger partial charge in [-0.2, -0.15) is 0 Å². The lowest BCUT2D eigenvalue weighted by Gasteiger charge is -2.25. The molecule has 2 aromatic heterocycles. The molecule has 1 atom stereocenters. The minimum Gasteiger partial charge on any atom is -0.466 e. The number of thiophene rings is 1. The molecule has 1 N–H and O–H groups in total. The van der Waals surface area contributed by atoms with Crippen LogP contribution in [-0.2, 0) is 33.7 Å². The van der Waals surface area contributed by atoms with Crippen molar-refractivity contribution in [3.8, 4) is 0 Å². The minimum atomic E-state index is -0.332. The monoisotopic (exact) mass is 407 g/mol. The van der Waals surface area contributed by atoms with E-state index in [1.165, 1.54) is 11.3 Å². The molecule has 152 valence electrons. The van der Waals surface area contributed by atoms with E-state index in [1.54, 1.807) is 18.7 Å². The number of aromatic nitrogens is 2. The Morgan fingerprint density at radius 3 is 2.75 bits per heavy atom. The Hall–Kier alpha value is -2.42. The van der Waals surface area contributed by atoms with Crippen LogP contribution in [0.4, 0.5) is 4.79 Å². The normalized spacial score (nSPS) is 14.6. The summed E-state index contributed by atoms with van der Waals surface area (Å²) in [6.45, 7) is 7.01. The SMILES string of the molecule is CCOC(=O)[C@@H](C)CCc1nc2sc3c(c2c(=O)[nH]1)CCN(C(=O)OCC)C3. The van der Waals surface area contributed by atoms with E-state index >= 15 is 0 Å². The third-order valence-electron chi connectivity index (χ3n) is 4.79. The summed E-state index contributed by atoms with van der Waals surface area (Å²) in [4.78, 5) is 47.1. The third-order valence-corrected chi connectivity index (χ3v) is 5.90. The Balaban J connectivity index is 1.78. The number of rotatable bonds is 6. The van der Waals surface area contributed by atoms with E-state index in [-0.39, 0.29) is 23.5 Å². The molecule has 1 aliphatic heterocycles. The van der Waals surface area contributed by atoms with Gasteiger partial charge in [0, 0.05) is 17.8 Å². The second-order valence-electron chi connectivity index (χ2n) is 6.76. The highest BCUT2D eigenvalue weighted by Gasteiger charge is 2.27. The Morgan fingerprint density at radius 1 is 1.29 bits per heavy atom. The Labute approximate surface area is 166 Å². The fourth-order valence-electron chi connectivity index (χ4n) is 3.29. The van der Waals surface area contributed by atoms with Gasteiger partial charge >= 0.3 is 12.1 Å². The van der Waals surface area contributed by atoms with E-state index in [1.807, 2.05) is 6.92 Å². The quantitative estimate of drug-likeness (QED) is 0.739. The molecule has 3 heterocycles. The average Bonchev–Trinajstić information content (AvgIpc) is 3.04. The molecule has 8 nitrogen and oxygen atoms in total. The number of ether oxygens (including phenoxy) is 2. The van der Waals surface area contributed by atoms with Gasteiger partial charge in [-0.05, 0) is 32.3 Å². The average molecular weight is 407 g/mol. The van der Waals surface area contributed by atoms with Crippen LogP contribution in [0.25, 0.3) is 10.2 Å². The van der Waals surface area contributed by atoms with Crippen LogP contribution in [-0.4, -0.2) is 46.7 Å². The van der Waals surface area contributed by atoms with Crippen molar-refractivity contribution in [2.75, 3.05) is 19.8 Å². The molecule has 0 aromatic carbocycles. The van der Waals surface area contributed by atoms with Crippen molar-refractivity contribution < 1.29 is 19.1 Å². The largest absolute Gasteiger partial charge is 0.466 e. The number of fused-ring (bicyclic) bond motifs is 3. The van der Waals surface area contributed by atoms with Gasteiger partial charge in [0.05, 0.1) is 31.1 Å². The van der Waals surface area contributed by atoms with Crippen molar-refractivity contribution in [1.82, 2.24) is 14.9 Å². The predicted octanol–water partition coefficient (Wildman–Crippen LogP) is 2.63. The van der Waals surface area contributed by atoms with Crippen LogP contribution in [0, 0.1) is 5.92 Å². The number of esters is 1. The second-order valence-corrected chi connectivity index (χ2v) is 7.84. The number of amides is 1. The fourth-order valence-corrected chi connectivity index (χ4v) is 4.55. The molecule has 3 rings (SSSR count). The number of aromatic amines is 1. The lowest BCUT2D eigenvalue weighted by Crippen LogP contribution is -2.36. The van der Waals surface area contributed by atoms with Crippen LogP contribution in [0.5, 0.6) is 0 Å². The van der Waals surface area contributed by atoms with Gasteiger partial charge in [0.2, 0.25) is 0 Å². The van der Waals surface area contributed by atoms with E-state index in [4.69, 9.17) is 9.47 Å². The summed E-state index contributed by atoms with van der Waals surface area (Å²) < 4.78 is 10.1. The zero-order valence-corrected chi connectivity index (χ0v) is 17.2. The molecule has 9 heteroatoms. The zero-order valence-electron chi connectivity index (χ0n) is 16.4. The van der Waals surface area contributed by atoms with Crippen LogP contribution >= 0.6 is 11.3 Å². The summed E-state index contributed by atoms with van der Waals surface area (Å²) in [5.74, 6) is 0.0710. The molecule has 0 fully saturated rings. The number of aryl methyl sites for hydroxylation is 1. The number of carbonyl (C=O) groups is 2. The van der Waals surface area contributed by atoms with Crippen molar-refractivity contribution >= 4 is 33.6 Å². The number of carbonyl (C=O) groups excluding carboxylic acids is 2. The second kappa shape index (κ2) is 8.72. The number of hydrogen-bond acceptors (Lipinski definition) is 7. The van der Waals surface area contributed by atoms with Crippen molar-refractivity contribution in [2.45, 2.75) is 46.6 Å². The molecule has 28 heavy (non-hydrogen) atoms. The van der Waals surface area contributed by atoms with Gasteiger partial charge in [-0.25, -0.2) is 9.78 Å². The summed E-state index contributed by atoms with van der Waals surface area (Å²) >= 11 is 1.44. The molecule has 0 saturated heterocycles. The van der Waals surface area contributed by atoms with Crippen LogP contribution < -0.4 is 5.56 Å². The number of hydrogen-bond donors (Lipinski definition) is 1. The number of H-pyrrole nitrogens is 1. The number of nitrogens with one attached hydrogen (secondary N) is 1. The lowest BCUT2D eigenvalue weighted by atomic mass is 10.0. The van der Waals surface area contributed by atoms with Crippen molar-refractivity contribution in [3.05, 3.63) is 26.6 Å². The first-order valence-electron chi connectivity index (χ1n) is 9.56. The molecule has 0 saturated carbocycles. The van der Waals surface area contributed by atoms with Gasteiger partial charge in [0.15, 0.2) is 0 Å². The summed E-state index contributed by atoms with van der Waals surface area (Å²) in [5.41, 5.74) is 0.812. The van der Waals surface area contributed by atoms with Crippen molar-refractivity contribution in [3.63, 3.8) is 0 Å². The predicted molar refractivity (Wildman–Crippen MR) is 105 cm³/mol. The highest BCUT2D eigenvalue weighted by molar-refractivity contribution is 7.18. The highest BCUT2D eigenvalue weighted by atomic mass is 32.1. The summed E-state index contributed by atoms with van der Waals surface area (Å²) in [7, 11) is 0. The summed E-state index contributed by atoms with van der Waals surface area (Å²) in [5, 5.41) is 0.616. The molecule has 0 unspecified atom stereocenters. The lowest BCUT2D eigenvalue weighted by molar-refractivity contribution is -0.147. The highest BCUT2D eigenvalue weighted by Crippen LogP contribution is 2.32. The van der Waals surface area contributed by atoms with E-state index < -0.39 is 0 Å². The maximum atomic E-state index is 12.6. The maximum absolute atomic E-state index is 12.6. The first-order chi connectivity index (χ1) is 13.4. The first kappa shape index (κ1) is 20.3. The van der Waals surface area contributed by atoms with Crippen LogP contribution in [0.15, 0.2) is 4.79 Å².